The molecule has 1 unspecified atom stereocenters. The highest BCUT2D eigenvalue weighted by molar-refractivity contribution is 8.09. The van der Waals surface area contributed by atoms with Crippen LogP contribution in [0.25, 0.3) is 0 Å². The first kappa shape index (κ1) is 18.3. The average molecular weight is 371 g/mol. The minimum atomic E-state index is -4.65. The van der Waals surface area contributed by atoms with E-state index in [0.29, 0.717) is 5.75 Å². The first-order valence-electron chi connectivity index (χ1n) is 6.75. The van der Waals surface area contributed by atoms with Crippen LogP contribution in [0.15, 0.2) is 42.5 Å². The summed E-state index contributed by atoms with van der Waals surface area (Å²) in [7, 11) is 0. The van der Waals surface area contributed by atoms with Gasteiger partial charge in [0.2, 0.25) is 0 Å². The van der Waals surface area contributed by atoms with Crippen molar-refractivity contribution in [3.05, 3.63) is 59.2 Å². The van der Waals surface area contributed by atoms with Crippen LogP contribution in [0.4, 0.5) is 13.2 Å². The fraction of sp³-hybridized carbons (Fsp3) is 0.188. The Morgan fingerprint density at radius 2 is 1.71 bits per heavy atom. The van der Waals surface area contributed by atoms with Crippen molar-refractivity contribution in [1.82, 2.24) is 0 Å². The lowest BCUT2D eigenvalue weighted by Crippen LogP contribution is -2.08. The lowest BCUT2D eigenvalue weighted by atomic mass is 10.1. The second-order valence-corrected chi connectivity index (χ2v) is 8.99. The molecule has 0 bridgehead atoms. The monoisotopic (exact) mass is 371 g/mol. The number of benzene rings is 2. The Hall–Kier alpha value is -2.03. The molecule has 0 saturated carbocycles. The Morgan fingerprint density at radius 1 is 1.08 bits per heavy atom. The molecule has 2 aromatic rings. The van der Waals surface area contributed by atoms with E-state index in [1.54, 1.807) is 18.2 Å². The molecule has 0 saturated heterocycles. The number of rotatable bonds is 4. The summed E-state index contributed by atoms with van der Waals surface area (Å²) >= 11 is 5.27. The van der Waals surface area contributed by atoms with Gasteiger partial charge in [-0.3, -0.25) is 0 Å². The van der Waals surface area contributed by atoms with E-state index < -0.39 is 23.8 Å². The lowest BCUT2D eigenvalue weighted by molar-refractivity contribution is -0.137. The maximum atomic E-state index is 13.0. The van der Waals surface area contributed by atoms with Gasteiger partial charge in [0, 0.05) is 6.66 Å². The quantitative estimate of drug-likeness (QED) is 0.686. The zero-order chi connectivity index (χ0) is 18.0. The van der Waals surface area contributed by atoms with Crippen molar-refractivity contribution in [2.24, 2.45) is 0 Å². The summed E-state index contributed by atoms with van der Waals surface area (Å²) in [6.07, 6.45) is -4.65. The van der Waals surface area contributed by atoms with Crippen molar-refractivity contribution in [3.63, 3.8) is 0 Å². The van der Waals surface area contributed by atoms with E-state index in [1.807, 2.05) is 13.0 Å². The van der Waals surface area contributed by atoms with E-state index in [9.17, 15) is 13.2 Å². The van der Waals surface area contributed by atoms with Crippen LogP contribution >= 0.6 is 6.49 Å². The van der Waals surface area contributed by atoms with Gasteiger partial charge in [-0.1, -0.05) is 12.1 Å². The molecule has 126 valence electrons. The molecule has 0 aromatic heterocycles. The lowest BCUT2D eigenvalue weighted by Gasteiger charge is -2.21. The first-order chi connectivity index (χ1) is 11.1. The molecule has 8 heteroatoms. The number of alkyl halides is 3. The smallest absolute Gasteiger partial charge is 0.417 e. The van der Waals surface area contributed by atoms with Gasteiger partial charge in [0.25, 0.3) is 6.49 Å². The van der Waals surface area contributed by atoms with Crippen LogP contribution in [0.1, 0.15) is 16.7 Å². The zero-order valence-electron chi connectivity index (χ0n) is 12.8. The van der Waals surface area contributed by atoms with Gasteiger partial charge in [0.1, 0.15) is 11.5 Å². The topological polar surface area (TPSA) is 42.2 Å². The van der Waals surface area contributed by atoms with Crippen LogP contribution in [0, 0.1) is 18.3 Å². The van der Waals surface area contributed by atoms with Crippen LogP contribution in [-0.4, -0.2) is 6.66 Å². The van der Waals surface area contributed by atoms with E-state index in [0.717, 1.165) is 17.7 Å². The van der Waals surface area contributed by atoms with Crippen LogP contribution < -0.4 is 9.05 Å². The Kier molecular flexibility index (Phi) is 5.22. The van der Waals surface area contributed by atoms with Crippen molar-refractivity contribution < 1.29 is 22.2 Å². The highest BCUT2D eigenvalue weighted by atomic mass is 32.5. The highest BCUT2D eigenvalue weighted by Crippen LogP contribution is 2.46. The predicted octanol–water partition coefficient (Wildman–Crippen LogP) is 5.28. The van der Waals surface area contributed by atoms with Crippen molar-refractivity contribution in [1.29, 1.82) is 5.26 Å². The van der Waals surface area contributed by atoms with E-state index >= 15 is 0 Å². The summed E-state index contributed by atoms with van der Waals surface area (Å²) in [6, 6.07) is 11.7. The van der Waals surface area contributed by atoms with E-state index in [1.165, 1.54) is 18.8 Å². The molecular formula is C16H13F3NO2PS. The first-order valence-corrected chi connectivity index (χ1v) is 9.84. The third-order valence-electron chi connectivity index (χ3n) is 2.95. The molecule has 1 atom stereocenters. The third kappa shape index (κ3) is 4.73. The molecule has 0 aliphatic rings. The number of aryl methyl sites for hydroxylation is 1. The molecule has 0 fully saturated rings. The highest BCUT2D eigenvalue weighted by Gasteiger charge is 2.34. The van der Waals surface area contributed by atoms with Crippen molar-refractivity contribution in [3.8, 4) is 17.6 Å². The SMILES string of the molecule is Cc1cccc(OP(C)(=S)Oc2ccc(C#N)c(C(F)(F)F)c2)c1. The number of nitriles is 1. The second-order valence-electron chi connectivity index (χ2n) is 5.09. The number of halogens is 3. The van der Waals surface area contributed by atoms with Crippen molar-refractivity contribution >= 4 is 18.3 Å². The molecule has 0 aliphatic heterocycles. The Balaban J connectivity index is 2.27. The summed E-state index contributed by atoms with van der Waals surface area (Å²) in [6.45, 7) is 0.533. The molecule has 3 nitrogen and oxygen atoms in total. The largest absolute Gasteiger partial charge is 0.435 e. The summed E-state index contributed by atoms with van der Waals surface area (Å²) in [5.41, 5.74) is -0.577. The fourth-order valence-corrected chi connectivity index (χ4v) is 3.53. The Labute approximate surface area is 142 Å². The van der Waals surface area contributed by atoms with Gasteiger partial charge in [-0.25, -0.2) is 0 Å². The van der Waals surface area contributed by atoms with Gasteiger partial charge in [0.15, 0.2) is 0 Å². The molecule has 2 aromatic carbocycles. The van der Waals surface area contributed by atoms with Crippen LogP contribution in [-0.2, 0) is 18.0 Å². The van der Waals surface area contributed by atoms with Gasteiger partial charge in [0.05, 0.1) is 17.2 Å². The molecule has 0 aliphatic carbocycles. The number of hydrogen-bond acceptors (Lipinski definition) is 4. The number of hydrogen-bond donors (Lipinski definition) is 0. The van der Waals surface area contributed by atoms with Gasteiger partial charge in [-0.2, -0.15) is 18.4 Å². The van der Waals surface area contributed by atoms with Crippen LogP contribution in [0.2, 0.25) is 0 Å². The summed E-state index contributed by atoms with van der Waals surface area (Å²) in [4.78, 5) is 0. The Morgan fingerprint density at radius 3 is 2.25 bits per heavy atom. The molecule has 0 heterocycles. The van der Waals surface area contributed by atoms with Crippen molar-refractivity contribution in [2.75, 3.05) is 6.66 Å². The molecular weight excluding hydrogens is 358 g/mol. The molecule has 0 N–H and O–H groups in total. The normalized spacial score (nSPS) is 13.7. The fourth-order valence-electron chi connectivity index (χ4n) is 1.99. The van der Waals surface area contributed by atoms with Crippen LogP contribution in [0.5, 0.6) is 11.5 Å². The third-order valence-corrected chi connectivity index (χ3v) is 4.48. The molecule has 0 radical (unpaired) electrons. The predicted molar refractivity (Wildman–Crippen MR) is 88.8 cm³/mol. The molecule has 2 rings (SSSR count). The average Bonchev–Trinajstić information content (AvgIpc) is 2.45. The molecule has 0 spiro atoms. The molecule has 0 amide bonds. The molecule has 24 heavy (non-hydrogen) atoms. The Bertz CT molecular complexity index is 846. The summed E-state index contributed by atoms with van der Waals surface area (Å²) < 4.78 is 50.1. The van der Waals surface area contributed by atoms with Crippen molar-refractivity contribution in [2.45, 2.75) is 13.1 Å². The van der Waals surface area contributed by atoms with Gasteiger partial charge in [-0.15, -0.1) is 0 Å². The summed E-state index contributed by atoms with van der Waals surface area (Å²) in [5, 5.41) is 8.80. The van der Waals surface area contributed by atoms with E-state index in [4.69, 9.17) is 26.1 Å². The zero-order valence-corrected chi connectivity index (χ0v) is 14.5. The minimum absolute atomic E-state index is 0.0835. The van der Waals surface area contributed by atoms with Gasteiger partial charge in [-0.05, 0) is 54.6 Å². The van der Waals surface area contributed by atoms with E-state index in [-0.39, 0.29) is 5.75 Å². The van der Waals surface area contributed by atoms with Crippen LogP contribution in [0.3, 0.4) is 0 Å². The maximum Gasteiger partial charge on any atom is 0.417 e. The summed E-state index contributed by atoms with van der Waals surface area (Å²) in [5.74, 6) is 0.408. The minimum Gasteiger partial charge on any atom is -0.435 e. The van der Waals surface area contributed by atoms with Gasteiger partial charge < -0.3 is 9.05 Å². The van der Waals surface area contributed by atoms with E-state index in [2.05, 4.69) is 0 Å². The maximum absolute atomic E-state index is 13.0. The second kappa shape index (κ2) is 6.84. The number of nitrogens with zero attached hydrogens (tertiary/aromatic N) is 1. The van der Waals surface area contributed by atoms with Gasteiger partial charge >= 0.3 is 6.18 Å². The standard InChI is InChI=1S/C16H13F3NO2PS/c1-11-4-3-5-13(8-11)21-23(2,24)22-14-7-6-12(10-20)15(9-14)16(17,18)19/h3-9H,1-2H3.